The Hall–Kier alpha value is -0.0400. The van der Waals surface area contributed by atoms with E-state index in [1.165, 1.54) is 38.5 Å². The largest absolute Gasteiger partial charge is 0.379 e. The Morgan fingerprint density at radius 2 is 2.08 bits per heavy atom. The minimum atomic E-state index is 0.414. The van der Waals surface area contributed by atoms with Crippen molar-refractivity contribution in [2.24, 2.45) is 11.3 Å². The highest BCUT2D eigenvalue weighted by Gasteiger charge is 2.45. The van der Waals surface area contributed by atoms with Crippen LogP contribution < -0.4 is 0 Å². The second kappa shape index (κ2) is 3.61. The molecule has 2 aliphatic carbocycles. The fraction of sp³-hybridized carbons (Fsp3) is 1.00. The van der Waals surface area contributed by atoms with E-state index in [-0.39, 0.29) is 0 Å². The number of ether oxygens (including phenoxy) is 1. The first-order valence-corrected chi connectivity index (χ1v) is 5.82. The fourth-order valence-electron chi connectivity index (χ4n) is 2.68. The summed E-state index contributed by atoms with van der Waals surface area (Å²) in [6.45, 7) is 5.28. The minimum Gasteiger partial charge on any atom is -0.379 e. The van der Waals surface area contributed by atoms with Crippen LogP contribution in [0.25, 0.3) is 0 Å². The van der Waals surface area contributed by atoms with Gasteiger partial charge in [-0.2, -0.15) is 0 Å². The van der Waals surface area contributed by atoms with Gasteiger partial charge in [-0.05, 0) is 57.3 Å². The molecule has 0 saturated heterocycles. The van der Waals surface area contributed by atoms with Crippen LogP contribution in [0.4, 0.5) is 0 Å². The molecule has 0 radical (unpaired) electrons. The molecule has 0 N–H and O–H groups in total. The molecule has 2 aliphatic rings. The van der Waals surface area contributed by atoms with Crippen LogP contribution in [0.2, 0.25) is 0 Å². The summed E-state index contributed by atoms with van der Waals surface area (Å²) in [6, 6.07) is 0. The topological polar surface area (TPSA) is 9.23 Å². The summed E-state index contributed by atoms with van der Waals surface area (Å²) in [7, 11) is 0. The lowest BCUT2D eigenvalue weighted by atomic mass is 9.79. The standard InChI is InChI=1S/C12H22O/c1-10(2)13-9-11-4-3-5-12(8-11)6-7-12/h10-11H,3-9H2,1-2H3. The molecule has 0 bridgehead atoms. The molecule has 1 atom stereocenters. The van der Waals surface area contributed by atoms with Gasteiger partial charge in [-0.1, -0.05) is 6.42 Å². The SMILES string of the molecule is CC(C)OCC1CCCC2(CC2)C1. The molecule has 13 heavy (non-hydrogen) atoms. The average Bonchev–Trinajstić information content (AvgIpc) is 2.82. The van der Waals surface area contributed by atoms with Crippen LogP contribution >= 0.6 is 0 Å². The van der Waals surface area contributed by atoms with E-state index < -0.39 is 0 Å². The zero-order valence-corrected chi connectivity index (χ0v) is 9.01. The van der Waals surface area contributed by atoms with E-state index in [1.54, 1.807) is 0 Å². The van der Waals surface area contributed by atoms with E-state index in [0.29, 0.717) is 6.10 Å². The van der Waals surface area contributed by atoms with E-state index in [9.17, 15) is 0 Å². The number of hydrogen-bond donors (Lipinski definition) is 0. The third-order valence-electron chi connectivity index (χ3n) is 3.66. The van der Waals surface area contributed by atoms with Gasteiger partial charge >= 0.3 is 0 Å². The van der Waals surface area contributed by atoms with Crippen molar-refractivity contribution in [3.05, 3.63) is 0 Å². The van der Waals surface area contributed by atoms with Crippen molar-refractivity contribution in [3.8, 4) is 0 Å². The van der Waals surface area contributed by atoms with E-state index in [4.69, 9.17) is 4.74 Å². The van der Waals surface area contributed by atoms with Crippen LogP contribution in [0.1, 0.15) is 52.4 Å². The summed E-state index contributed by atoms with van der Waals surface area (Å²) in [5.74, 6) is 0.874. The highest BCUT2D eigenvalue weighted by atomic mass is 16.5. The van der Waals surface area contributed by atoms with Gasteiger partial charge < -0.3 is 4.74 Å². The first-order chi connectivity index (χ1) is 6.20. The highest BCUT2D eigenvalue weighted by Crippen LogP contribution is 2.57. The molecule has 2 fully saturated rings. The Balaban J connectivity index is 1.73. The molecule has 0 amide bonds. The molecule has 1 nitrogen and oxygen atoms in total. The van der Waals surface area contributed by atoms with E-state index in [1.807, 2.05) is 0 Å². The lowest BCUT2D eigenvalue weighted by Gasteiger charge is -2.29. The molecule has 0 heterocycles. The van der Waals surface area contributed by atoms with Gasteiger partial charge in [0.2, 0.25) is 0 Å². The number of hydrogen-bond acceptors (Lipinski definition) is 1. The van der Waals surface area contributed by atoms with Crippen molar-refractivity contribution < 1.29 is 4.74 Å². The predicted molar refractivity (Wildman–Crippen MR) is 54.7 cm³/mol. The molecule has 2 rings (SSSR count). The Kier molecular flexibility index (Phi) is 2.64. The van der Waals surface area contributed by atoms with Crippen molar-refractivity contribution >= 4 is 0 Å². The normalized spacial score (nSPS) is 31.2. The van der Waals surface area contributed by atoms with Crippen molar-refractivity contribution in [1.29, 1.82) is 0 Å². The monoisotopic (exact) mass is 182 g/mol. The van der Waals surface area contributed by atoms with Crippen molar-refractivity contribution in [2.45, 2.75) is 58.5 Å². The summed E-state index contributed by atoms with van der Waals surface area (Å²) in [4.78, 5) is 0. The summed E-state index contributed by atoms with van der Waals surface area (Å²) >= 11 is 0. The molecule has 76 valence electrons. The second-order valence-corrected chi connectivity index (χ2v) is 5.34. The summed E-state index contributed by atoms with van der Waals surface area (Å²) < 4.78 is 5.70. The molecule has 2 saturated carbocycles. The zero-order valence-electron chi connectivity index (χ0n) is 9.01. The van der Waals surface area contributed by atoms with Crippen molar-refractivity contribution in [1.82, 2.24) is 0 Å². The molecular weight excluding hydrogens is 160 g/mol. The van der Waals surface area contributed by atoms with E-state index in [2.05, 4.69) is 13.8 Å². The van der Waals surface area contributed by atoms with Crippen LogP contribution in [-0.4, -0.2) is 12.7 Å². The Bertz CT molecular complexity index is 170. The van der Waals surface area contributed by atoms with Gasteiger partial charge in [0.15, 0.2) is 0 Å². The molecule has 1 unspecified atom stereocenters. The quantitative estimate of drug-likeness (QED) is 0.650. The maximum Gasteiger partial charge on any atom is 0.0519 e. The molecule has 0 aliphatic heterocycles. The average molecular weight is 182 g/mol. The maximum atomic E-state index is 5.70. The van der Waals surface area contributed by atoms with Gasteiger partial charge in [-0.15, -0.1) is 0 Å². The van der Waals surface area contributed by atoms with Gasteiger partial charge in [0.25, 0.3) is 0 Å². The molecular formula is C12H22O. The Morgan fingerprint density at radius 3 is 2.69 bits per heavy atom. The Labute approximate surface area is 81.9 Å². The van der Waals surface area contributed by atoms with E-state index >= 15 is 0 Å². The summed E-state index contributed by atoms with van der Waals surface area (Å²) in [6.07, 6.45) is 9.25. The smallest absolute Gasteiger partial charge is 0.0519 e. The molecule has 1 heteroatoms. The Morgan fingerprint density at radius 1 is 1.31 bits per heavy atom. The van der Waals surface area contributed by atoms with Crippen LogP contribution in [0.3, 0.4) is 0 Å². The van der Waals surface area contributed by atoms with Crippen LogP contribution in [-0.2, 0) is 4.74 Å². The zero-order chi connectivity index (χ0) is 9.31. The summed E-state index contributed by atoms with van der Waals surface area (Å²) in [5, 5.41) is 0. The van der Waals surface area contributed by atoms with Crippen LogP contribution in [0, 0.1) is 11.3 Å². The maximum absolute atomic E-state index is 5.70. The van der Waals surface area contributed by atoms with Crippen molar-refractivity contribution in [3.63, 3.8) is 0 Å². The van der Waals surface area contributed by atoms with Gasteiger partial charge in [0.05, 0.1) is 6.10 Å². The highest BCUT2D eigenvalue weighted by molar-refractivity contribution is 4.96. The third kappa shape index (κ3) is 2.46. The molecule has 0 aromatic rings. The molecule has 0 aromatic heterocycles. The number of rotatable bonds is 3. The minimum absolute atomic E-state index is 0.414. The lowest BCUT2D eigenvalue weighted by Crippen LogP contribution is -2.22. The lowest BCUT2D eigenvalue weighted by molar-refractivity contribution is 0.0316. The van der Waals surface area contributed by atoms with Gasteiger partial charge in [0, 0.05) is 6.61 Å². The van der Waals surface area contributed by atoms with Crippen LogP contribution in [0.15, 0.2) is 0 Å². The second-order valence-electron chi connectivity index (χ2n) is 5.34. The van der Waals surface area contributed by atoms with Crippen molar-refractivity contribution in [2.75, 3.05) is 6.61 Å². The predicted octanol–water partition coefficient (Wildman–Crippen LogP) is 3.38. The summed E-state index contributed by atoms with van der Waals surface area (Å²) in [5.41, 5.74) is 0.809. The van der Waals surface area contributed by atoms with Gasteiger partial charge in [-0.3, -0.25) is 0 Å². The van der Waals surface area contributed by atoms with Crippen LogP contribution in [0.5, 0.6) is 0 Å². The molecule has 1 spiro atoms. The first-order valence-electron chi connectivity index (χ1n) is 5.82. The van der Waals surface area contributed by atoms with Gasteiger partial charge in [0.1, 0.15) is 0 Å². The molecule has 0 aromatic carbocycles. The first kappa shape index (κ1) is 9.51. The third-order valence-corrected chi connectivity index (χ3v) is 3.66. The fourth-order valence-corrected chi connectivity index (χ4v) is 2.68. The van der Waals surface area contributed by atoms with E-state index in [0.717, 1.165) is 17.9 Å². The van der Waals surface area contributed by atoms with Gasteiger partial charge in [-0.25, -0.2) is 0 Å².